The van der Waals surface area contributed by atoms with Gasteiger partial charge in [0.25, 0.3) is 0 Å². The van der Waals surface area contributed by atoms with Crippen molar-refractivity contribution >= 4 is 20.9 Å². The topological polar surface area (TPSA) is 89.7 Å². The molecule has 1 saturated heterocycles. The number of hydrogen-bond acceptors (Lipinski definition) is 6. The molecule has 1 aromatic carbocycles. The largest absolute Gasteiger partial charge is 0.489 e. The lowest BCUT2D eigenvalue weighted by Crippen LogP contribution is -2.31. The summed E-state index contributed by atoms with van der Waals surface area (Å²) in [5.74, 6) is 0.835. The van der Waals surface area contributed by atoms with E-state index in [1.54, 1.807) is 37.4 Å². The smallest absolute Gasteiger partial charge is 0.339 e. The zero-order valence-electron chi connectivity index (χ0n) is 14.7. The molecule has 1 aliphatic rings. The van der Waals surface area contributed by atoms with Crippen LogP contribution in [0.2, 0.25) is 0 Å². The van der Waals surface area contributed by atoms with Gasteiger partial charge in [0.05, 0.1) is 18.1 Å². The summed E-state index contributed by atoms with van der Waals surface area (Å²) >= 11 is 0. The third kappa shape index (κ3) is 3.45. The molecule has 1 aliphatic heterocycles. The lowest BCUT2D eigenvalue weighted by Gasteiger charge is -2.18. The fourth-order valence-electron chi connectivity index (χ4n) is 3.27. The van der Waals surface area contributed by atoms with Crippen LogP contribution in [-0.2, 0) is 10.0 Å². The fraction of sp³-hybridized carbons (Fsp3) is 0.263. The van der Waals surface area contributed by atoms with Crippen molar-refractivity contribution in [2.45, 2.75) is 24.3 Å². The Hall–Kier alpha value is -2.71. The predicted octanol–water partition coefficient (Wildman–Crippen LogP) is 2.34. The second-order valence-electron chi connectivity index (χ2n) is 6.45. The molecule has 2 aromatic heterocycles. The van der Waals surface area contributed by atoms with Crippen LogP contribution in [0.1, 0.15) is 12.2 Å². The van der Waals surface area contributed by atoms with Gasteiger partial charge >= 0.3 is 5.63 Å². The summed E-state index contributed by atoms with van der Waals surface area (Å²) in [6.07, 6.45) is 1.79. The van der Waals surface area contributed by atoms with E-state index in [9.17, 15) is 13.2 Å². The normalized spacial score (nSPS) is 18.0. The fourth-order valence-corrected chi connectivity index (χ4v) is 4.92. The predicted molar refractivity (Wildman–Crippen MR) is 99.2 cm³/mol. The Balaban J connectivity index is 1.58. The van der Waals surface area contributed by atoms with Gasteiger partial charge in [-0.15, -0.1) is 0 Å². The van der Waals surface area contributed by atoms with E-state index in [4.69, 9.17) is 9.15 Å². The molecule has 27 heavy (non-hydrogen) atoms. The maximum atomic E-state index is 13.1. The molecule has 0 bridgehead atoms. The number of ether oxygens (including phenoxy) is 1. The van der Waals surface area contributed by atoms with E-state index < -0.39 is 15.6 Å². The summed E-state index contributed by atoms with van der Waals surface area (Å²) in [6.45, 7) is 2.22. The van der Waals surface area contributed by atoms with Crippen LogP contribution >= 0.6 is 0 Å². The monoisotopic (exact) mass is 386 g/mol. The number of benzene rings is 1. The Bertz CT molecular complexity index is 1150. The molecule has 3 aromatic rings. The lowest BCUT2D eigenvalue weighted by molar-refractivity contribution is 0.213. The molecule has 3 heterocycles. The molecular weight excluding hydrogens is 368 g/mol. The summed E-state index contributed by atoms with van der Waals surface area (Å²) in [7, 11) is -3.70. The third-order valence-electron chi connectivity index (χ3n) is 4.49. The van der Waals surface area contributed by atoms with Crippen LogP contribution in [-0.4, -0.2) is 36.9 Å². The van der Waals surface area contributed by atoms with E-state index in [1.165, 1.54) is 10.4 Å². The Morgan fingerprint density at radius 2 is 2.04 bits per heavy atom. The van der Waals surface area contributed by atoms with E-state index in [1.807, 2.05) is 12.1 Å². The number of hydrogen-bond donors (Lipinski definition) is 0. The molecule has 1 atom stereocenters. The van der Waals surface area contributed by atoms with Crippen molar-refractivity contribution in [3.8, 4) is 5.75 Å². The zero-order valence-corrected chi connectivity index (χ0v) is 15.5. The van der Waals surface area contributed by atoms with Gasteiger partial charge in [-0.05, 0) is 25.5 Å². The molecule has 0 saturated carbocycles. The minimum atomic E-state index is -3.70. The van der Waals surface area contributed by atoms with E-state index in [2.05, 4.69) is 4.98 Å². The van der Waals surface area contributed by atoms with Crippen LogP contribution in [0.15, 0.2) is 62.8 Å². The number of sulfonamides is 1. The number of pyridine rings is 1. The molecule has 0 N–H and O–H groups in total. The summed E-state index contributed by atoms with van der Waals surface area (Å²) < 4.78 is 38.4. The number of rotatable bonds is 4. The highest BCUT2D eigenvalue weighted by molar-refractivity contribution is 7.89. The molecule has 1 fully saturated rings. The van der Waals surface area contributed by atoms with Gasteiger partial charge in [0, 0.05) is 24.2 Å². The van der Waals surface area contributed by atoms with Gasteiger partial charge in [-0.2, -0.15) is 4.31 Å². The van der Waals surface area contributed by atoms with Crippen molar-refractivity contribution in [2.24, 2.45) is 0 Å². The number of nitrogens with zero attached hydrogens (tertiary/aromatic N) is 2. The van der Waals surface area contributed by atoms with Crippen molar-refractivity contribution in [1.82, 2.24) is 9.29 Å². The van der Waals surface area contributed by atoms with Crippen LogP contribution in [0.3, 0.4) is 0 Å². The van der Waals surface area contributed by atoms with E-state index in [0.717, 1.165) is 5.39 Å². The SMILES string of the molecule is Cc1cc(OC2CCN(S(=O)(=O)c3cccc4cccnc34)C2)cc(=O)o1. The van der Waals surface area contributed by atoms with E-state index in [0.29, 0.717) is 30.0 Å². The second-order valence-corrected chi connectivity index (χ2v) is 8.35. The van der Waals surface area contributed by atoms with Crippen LogP contribution in [0.4, 0.5) is 0 Å². The minimum absolute atomic E-state index is 0.192. The standard InChI is InChI=1S/C19H18N2O5S/c1-13-10-16(11-18(22)25-13)26-15-7-9-21(12-15)27(23,24)17-6-2-4-14-5-3-8-20-19(14)17/h2-6,8,10-11,15H,7,9,12H2,1H3. The summed E-state index contributed by atoms with van der Waals surface area (Å²) in [4.78, 5) is 15.9. The number of aromatic nitrogens is 1. The van der Waals surface area contributed by atoms with Gasteiger partial charge in [-0.3, -0.25) is 4.98 Å². The van der Waals surface area contributed by atoms with Crippen molar-refractivity contribution in [1.29, 1.82) is 0 Å². The Morgan fingerprint density at radius 3 is 2.85 bits per heavy atom. The molecule has 1 unspecified atom stereocenters. The van der Waals surface area contributed by atoms with Crippen LogP contribution in [0.5, 0.6) is 5.75 Å². The second kappa shape index (κ2) is 6.79. The molecule has 4 rings (SSSR count). The van der Waals surface area contributed by atoms with Crippen molar-refractivity contribution in [2.75, 3.05) is 13.1 Å². The maximum Gasteiger partial charge on any atom is 0.339 e. The molecular formula is C19H18N2O5S. The number of aryl methyl sites for hydroxylation is 1. The van der Waals surface area contributed by atoms with E-state index in [-0.39, 0.29) is 17.5 Å². The van der Waals surface area contributed by atoms with Gasteiger partial charge in [-0.25, -0.2) is 13.2 Å². The molecule has 0 amide bonds. The molecule has 0 spiro atoms. The van der Waals surface area contributed by atoms with Crippen LogP contribution in [0, 0.1) is 6.92 Å². The van der Waals surface area contributed by atoms with Gasteiger partial charge in [-0.1, -0.05) is 18.2 Å². The summed E-state index contributed by atoms with van der Waals surface area (Å²) in [5, 5.41) is 0.775. The highest BCUT2D eigenvalue weighted by Crippen LogP contribution is 2.28. The Morgan fingerprint density at radius 1 is 1.22 bits per heavy atom. The molecule has 0 aliphatic carbocycles. The number of fused-ring (bicyclic) bond motifs is 1. The first-order chi connectivity index (χ1) is 12.9. The number of para-hydroxylation sites is 1. The molecule has 0 radical (unpaired) electrons. The van der Waals surface area contributed by atoms with Crippen molar-refractivity contribution in [3.63, 3.8) is 0 Å². The first-order valence-corrected chi connectivity index (χ1v) is 10.00. The molecule has 7 nitrogen and oxygen atoms in total. The maximum absolute atomic E-state index is 13.1. The first kappa shape index (κ1) is 17.7. The first-order valence-electron chi connectivity index (χ1n) is 8.56. The highest BCUT2D eigenvalue weighted by Gasteiger charge is 2.34. The highest BCUT2D eigenvalue weighted by atomic mass is 32.2. The van der Waals surface area contributed by atoms with Gasteiger partial charge in [0.2, 0.25) is 10.0 Å². The van der Waals surface area contributed by atoms with Gasteiger partial charge < -0.3 is 9.15 Å². The summed E-state index contributed by atoms with van der Waals surface area (Å²) in [5.41, 5.74) is -0.0324. The average Bonchev–Trinajstić information content (AvgIpc) is 3.09. The van der Waals surface area contributed by atoms with Gasteiger partial charge in [0.1, 0.15) is 22.5 Å². The molecule has 140 valence electrons. The minimum Gasteiger partial charge on any atom is -0.489 e. The Labute approximate surface area is 156 Å². The van der Waals surface area contributed by atoms with Crippen molar-refractivity contribution < 1.29 is 17.6 Å². The molecule has 8 heteroatoms. The lowest BCUT2D eigenvalue weighted by atomic mass is 10.2. The summed E-state index contributed by atoms with van der Waals surface area (Å²) in [6, 6.07) is 11.6. The third-order valence-corrected chi connectivity index (χ3v) is 6.39. The quantitative estimate of drug-likeness (QED) is 0.684. The van der Waals surface area contributed by atoms with Gasteiger partial charge in [0.15, 0.2) is 0 Å². The Kier molecular flexibility index (Phi) is 4.45. The van der Waals surface area contributed by atoms with Crippen LogP contribution < -0.4 is 10.4 Å². The van der Waals surface area contributed by atoms with Crippen LogP contribution in [0.25, 0.3) is 10.9 Å². The van der Waals surface area contributed by atoms with Crippen molar-refractivity contribution in [3.05, 3.63) is 64.8 Å². The van der Waals surface area contributed by atoms with E-state index >= 15 is 0 Å². The average molecular weight is 386 g/mol. The zero-order chi connectivity index (χ0) is 19.0.